The van der Waals surface area contributed by atoms with Gasteiger partial charge in [-0.05, 0) is 66.2 Å². The standard InChI is InChI=1S/C49H29N5O2/c50-30-35-28-27-34(29-36(35)31-51)45-48(53-37-19-7-11-23-41(37)55-42-24-12-8-20-38(42)53)46(32-15-3-1-4-16-32)52-47(33-17-5-2-6-18-33)49(45)54-39-21-9-13-25-43(39)56-44-26-14-10-22-40(44)54/h1-29H. The zero-order valence-corrected chi connectivity index (χ0v) is 29.8. The minimum absolute atomic E-state index is 0.270. The number of benzene rings is 7. The number of nitrogens with zero attached hydrogens (tertiary/aromatic N) is 5. The summed E-state index contributed by atoms with van der Waals surface area (Å²) in [5, 5.41) is 20.6. The molecule has 8 aromatic rings. The highest BCUT2D eigenvalue weighted by Crippen LogP contribution is 2.61. The van der Waals surface area contributed by atoms with Crippen LogP contribution in [0.2, 0.25) is 0 Å². The number of pyridine rings is 1. The molecule has 0 saturated heterocycles. The van der Waals surface area contributed by atoms with E-state index in [4.69, 9.17) is 14.5 Å². The first-order valence-electron chi connectivity index (χ1n) is 18.2. The van der Waals surface area contributed by atoms with E-state index in [2.05, 4.69) is 46.2 Å². The molecule has 0 N–H and O–H groups in total. The van der Waals surface area contributed by atoms with Crippen LogP contribution in [-0.4, -0.2) is 4.98 Å². The topological polar surface area (TPSA) is 85.4 Å². The van der Waals surface area contributed by atoms with Crippen molar-refractivity contribution < 1.29 is 9.47 Å². The van der Waals surface area contributed by atoms with E-state index in [1.165, 1.54) is 0 Å². The van der Waals surface area contributed by atoms with Gasteiger partial charge in [0, 0.05) is 16.7 Å². The first-order valence-corrected chi connectivity index (χ1v) is 18.2. The van der Waals surface area contributed by atoms with Crippen molar-refractivity contribution in [3.63, 3.8) is 0 Å². The Balaban J connectivity index is 1.46. The minimum Gasteiger partial charge on any atom is -0.453 e. The molecule has 0 atom stereocenters. The minimum atomic E-state index is 0.270. The van der Waals surface area contributed by atoms with Crippen molar-refractivity contribution in [1.29, 1.82) is 10.5 Å². The molecule has 56 heavy (non-hydrogen) atoms. The van der Waals surface area contributed by atoms with Gasteiger partial charge in [0.1, 0.15) is 12.1 Å². The summed E-state index contributed by atoms with van der Waals surface area (Å²) in [4.78, 5) is 10.2. The number of aromatic nitrogens is 1. The van der Waals surface area contributed by atoms with Gasteiger partial charge in [0.15, 0.2) is 23.0 Å². The fourth-order valence-electron chi connectivity index (χ4n) is 7.65. The summed E-state index contributed by atoms with van der Waals surface area (Å²) in [6, 6.07) is 62.3. The van der Waals surface area contributed by atoms with E-state index in [9.17, 15) is 10.5 Å². The number of anilines is 6. The third-order valence-electron chi connectivity index (χ3n) is 10.1. The third-order valence-corrected chi connectivity index (χ3v) is 10.1. The molecule has 7 heteroatoms. The van der Waals surface area contributed by atoms with Gasteiger partial charge in [-0.1, -0.05) is 115 Å². The van der Waals surface area contributed by atoms with Gasteiger partial charge in [-0.15, -0.1) is 0 Å². The van der Waals surface area contributed by atoms with Gasteiger partial charge < -0.3 is 19.3 Å². The molecular weight excluding hydrogens is 691 g/mol. The second-order valence-electron chi connectivity index (χ2n) is 13.3. The molecule has 0 spiro atoms. The number of ether oxygens (including phenoxy) is 2. The maximum Gasteiger partial charge on any atom is 0.151 e. The van der Waals surface area contributed by atoms with E-state index in [1.807, 2.05) is 146 Å². The molecule has 7 aromatic carbocycles. The first kappa shape index (κ1) is 32.5. The lowest BCUT2D eigenvalue weighted by molar-refractivity contribution is 0.477. The van der Waals surface area contributed by atoms with Gasteiger partial charge in [0.05, 0.1) is 56.6 Å². The summed E-state index contributed by atoms with van der Waals surface area (Å²) in [7, 11) is 0. The Morgan fingerprint density at radius 2 is 0.768 bits per heavy atom. The van der Waals surface area contributed by atoms with E-state index >= 15 is 0 Å². The maximum absolute atomic E-state index is 10.5. The van der Waals surface area contributed by atoms with Crippen LogP contribution in [0.3, 0.4) is 0 Å². The highest BCUT2D eigenvalue weighted by atomic mass is 16.5. The van der Waals surface area contributed by atoms with Crippen molar-refractivity contribution >= 4 is 34.1 Å². The van der Waals surface area contributed by atoms with Crippen molar-refractivity contribution in [2.45, 2.75) is 0 Å². The predicted octanol–water partition coefficient (Wildman–Crippen LogP) is 13.0. The second kappa shape index (κ2) is 13.4. The Morgan fingerprint density at radius 3 is 1.16 bits per heavy atom. The molecule has 3 heterocycles. The monoisotopic (exact) mass is 719 g/mol. The number of hydrogen-bond acceptors (Lipinski definition) is 7. The molecule has 0 saturated carbocycles. The molecule has 2 aliphatic heterocycles. The summed E-state index contributed by atoms with van der Waals surface area (Å²) >= 11 is 0. The summed E-state index contributed by atoms with van der Waals surface area (Å²) < 4.78 is 13.1. The van der Waals surface area contributed by atoms with Gasteiger partial charge in [-0.25, -0.2) is 4.98 Å². The zero-order chi connectivity index (χ0) is 37.6. The molecule has 1 aromatic heterocycles. The molecule has 0 bridgehead atoms. The van der Waals surface area contributed by atoms with Gasteiger partial charge in [-0.2, -0.15) is 10.5 Å². The molecule has 7 nitrogen and oxygen atoms in total. The van der Waals surface area contributed by atoms with Crippen molar-refractivity contribution in [3.8, 4) is 68.8 Å². The normalized spacial score (nSPS) is 12.1. The molecule has 0 unspecified atom stereocenters. The van der Waals surface area contributed by atoms with E-state index < -0.39 is 0 Å². The Hall–Kier alpha value is -8.13. The van der Waals surface area contributed by atoms with Gasteiger partial charge >= 0.3 is 0 Å². The first-order chi connectivity index (χ1) is 27.7. The van der Waals surface area contributed by atoms with Crippen LogP contribution in [0, 0.1) is 22.7 Å². The van der Waals surface area contributed by atoms with Crippen LogP contribution < -0.4 is 19.3 Å². The SMILES string of the molecule is N#Cc1ccc(-c2c(N3c4ccccc4Oc4ccccc43)c(-c3ccccc3)nc(-c3ccccc3)c2N2c3ccccc3Oc3ccccc32)cc1C#N. The van der Waals surface area contributed by atoms with Crippen molar-refractivity contribution in [2.75, 3.05) is 9.80 Å². The van der Waals surface area contributed by atoms with Crippen LogP contribution in [0.1, 0.15) is 11.1 Å². The quantitative estimate of drug-likeness (QED) is 0.175. The van der Waals surface area contributed by atoms with Crippen LogP contribution in [-0.2, 0) is 0 Å². The molecule has 10 rings (SSSR count). The molecule has 0 radical (unpaired) electrons. The van der Waals surface area contributed by atoms with Crippen LogP contribution in [0.15, 0.2) is 176 Å². The molecule has 262 valence electrons. The highest BCUT2D eigenvalue weighted by molar-refractivity contribution is 6.09. The lowest BCUT2D eigenvalue weighted by Crippen LogP contribution is -2.22. The number of hydrogen-bond donors (Lipinski definition) is 0. The average molecular weight is 720 g/mol. The smallest absolute Gasteiger partial charge is 0.151 e. The molecule has 0 fully saturated rings. The highest BCUT2D eigenvalue weighted by Gasteiger charge is 2.37. The Bertz CT molecular complexity index is 2660. The van der Waals surface area contributed by atoms with E-state index in [0.717, 1.165) is 56.4 Å². The lowest BCUT2D eigenvalue weighted by atomic mass is 9.90. The Morgan fingerprint density at radius 1 is 0.393 bits per heavy atom. The summed E-state index contributed by atoms with van der Waals surface area (Å²) in [6.45, 7) is 0. The van der Waals surface area contributed by atoms with E-state index in [-0.39, 0.29) is 5.56 Å². The van der Waals surface area contributed by atoms with Gasteiger partial charge in [0.25, 0.3) is 0 Å². The summed E-state index contributed by atoms with van der Waals surface area (Å²) in [5.74, 6) is 2.74. The van der Waals surface area contributed by atoms with E-state index in [0.29, 0.717) is 39.9 Å². The third kappa shape index (κ3) is 5.23. The van der Waals surface area contributed by atoms with Crippen molar-refractivity contribution in [2.24, 2.45) is 0 Å². The average Bonchev–Trinajstić information content (AvgIpc) is 3.27. The van der Waals surface area contributed by atoms with Crippen LogP contribution in [0.5, 0.6) is 23.0 Å². The Labute approximate surface area is 323 Å². The summed E-state index contributed by atoms with van der Waals surface area (Å²) in [6.07, 6.45) is 0. The molecule has 2 aliphatic rings. The lowest BCUT2D eigenvalue weighted by Gasteiger charge is -2.39. The van der Waals surface area contributed by atoms with Crippen molar-refractivity contribution in [3.05, 3.63) is 187 Å². The molecule has 0 aliphatic carbocycles. The number of para-hydroxylation sites is 8. The fraction of sp³-hybridized carbons (Fsp3) is 0. The zero-order valence-electron chi connectivity index (χ0n) is 29.8. The van der Waals surface area contributed by atoms with Crippen LogP contribution in [0.4, 0.5) is 34.1 Å². The van der Waals surface area contributed by atoms with Gasteiger partial charge in [-0.3, -0.25) is 0 Å². The van der Waals surface area contributed by atoms with Crippen LogP contribution in [0.25, 0.3) is 33.6 Å². The van der Waals surface area contributed by atoms with Gasteiger partial charge in [0.2, 0.25) is 0 Å². The Kier molecular flexibility index (Phi) is 7.77. The van der Waals surface area contributed by atoms with Crippen LogP contribution >= 0.6 is 0 Å². The largest absolute Gasteiger partial charge is 0.453 e. The molecule has 0 amide bonds. The fourth-order valence-corrected chi connectivity index (χ4v) is 7.65. The van der Waals surface area contributed by atoms with Crippen molar-refractivity contribution in [1.82, 2.24) is 4.98 Å². The number of rotatable bonds is 5. The molecular formula is C49H29N5O2. The second-order valence-corrected chi connectivity index (χ2v) is 13.3. The number of fused-ring (bicyclic) bond motifs is 4. The summed E-state index contributed by atoms with van der Waals surface area (Å²) in [5.41, 5.74) is 10.1. The number of nitriles is 2. The van der Waals surface area contributed by atoms with E-state index in [1.54, 1.807) is 6.07 Å². The maximum atomic E-state index is 10.5. The predicted molar refractivity (Wildman–Crippen MR) is 219 cm³/mol.